The molecule has 21 heavy (non-hydrogen) atoms. The fourth-order valence-corrected chi connectivity index (χ4v) is 3.56. The quantitative estimate of drug-likeness (QED) is 0.624. The standard InChI is InChI=1S/C17H22Cl3N/c1-2-21-11-13(12-6-4-3-5-7-12)10-14-15(18)8-9-16(19)17(14)20/h8-10,12,21H,2-7,11H2,1H3/b13-10-. The third kappa shape index (κ3) is 4.63. The molecule has 0 atom stereocenters. The van der Waals surface area contributed by atoms with Crippen molar-refractivity contribution in [3.8, 4) is 0 Å². The molecule has 1 aromatic carbocycles. The maximum atomic E-state index is 6.33. The molecule has 1 aliphatic rings. The van der Waals surface area contributed by atoms with E-state index in [0.29, 0.717) is 21.0 Å². The number of rotatable bonds is 5. The zero-order valence-electron chi connectivity index (χ0n) is 12.4. The number of benzene rings is 1. The molecule has 4 heteroatoms. The Labute approximate surface area is 142 Å². The van der Waals surface area contributed by atoms with Crippen molar-refractivity contribution >= 4 is 40.9 Å². The number of hydrogen-bond acceptors (Lipinski definition) is 1. The predicted octanol–water partition coefficient (Wildman–Crippen LogP) is 6.22. The van der Waals surface area contributed by atoms with Crippen LogP contribution in [0.1, 0.15) is 44.6 Å². The van der Waals surface area contributed by atoms with E-state index in [4.69, 9.17) is 34.8 Å². The van der Waals surface area contributed by atoms with Crippen LogP contribution in [-0.2, 0) is 0 Å². The fraction of sp³-hybridized carbons (Fsp3) is 0.529. The van der Waals surface area contributed by atoms with E-state index in [1.807, 2.05) is 6.07 Å². The van der Waals surface area contributed by atoms with Crippen LogP contribution < -0.4 is 5.32 Å². The third-order valence-electron chi connectivity index (χ3n) is 4.12. The Morgan fingerprint density at radius 1 is 1.14 bits per heavy atom. The first-order chi connectivity index (χ1) is 10.1. The van der Waals surface area contributed by atoms with Crippen LogP contribution in [0.15, 0.2) is 17.7 Å². The molecular formula is C17H22Cl3N. The van der Waals surface area contributed by atoms with Crippen molar-refractivity contribution in [1.82, 2.24) is 5.32 Å². The second-order valence-corrected chi connectivity index (χ2v) is 6.78. The van der Waals surface area contributed by atoms with Gasteiger partial charge in [0.1, 0.15) is 0 Å². The van der Waals surface area contributed by atoms with E-state index in [0.717, 1.165) is 18.7 Å². The third-order valence-corrected chi connectivity index (χ3v) is 5.27. The van der Waals surface area contributed by atoms with Crippen LogP contribution in [-0.4, -0.2) is 13.1 Å². The van der Waals surface area contributed by atoms with Crippen molar-refractivity contribution < 1.29 is 0 Å². The lowest BCUT2D eigenvalue weighted by atomic mass is 9.83. The lowest BCUT2D eigenvalue weighted by Gasteiger charge is -2.25. The molecule has 0 aromatic heterocycles. The van der Waals surface area contributed by atoms with Gasteiger partial charge < -0.3 is 5.32 Å². The fourth-order valence-electron chi connectivity index (χ4n) is 2.92. The molecule has 0 aliphatic heterocycles. The van der Waals surface area contributed by atoms with Gasteiger partial charge >= 0.3 is 0 Å². The highest BCUT2D eigenvalue weighted by atomic mass is 35.5. The van der Waals surface area contributed by atoms with Crippen LogP contribution in [0.2, 0.25) is 15.1 Å². The zero-order chi connectivity index (χ0) is 15.2. The van der Waals surface area contributed by atoms with Gasteiger partial charge in [-0.15, -0.1) is 0 Å². The Hall–Kier alpha value is -0.210. The molecule has 0 heterocycles. The first kappa shape index (κ1) is 17.1. The molecule has 0 unspecified atom stereocenters. The van der Waals surface area contributed by atoms with Crippen LogP contribution in [0.3, 0.4) is 0 Å². The van der Waals surface area contributed by atoms with E-state index in [1.54, 1.807) is 6.07 Å². The summed E-state index contributed by atoms with van der Waals surface area (Å²) in [5.74, 6) is 0.629. The highest BCUT2D eigenvalue weighted by Gasteiger charge is 2.19. The van der Waals surface area contributed by atoms with E-state index in [9.17, 15) is 0 Å². The summed E-state index contributed by atoms with van der Waals surface area (Å²) in [6.07, 6.45) is 8.63. The lowest BCUT2D eigenvalue weighted by Crippen LogP contribution is -2.22. The Morgan fingerprint density at radius 3 is 2.48 bits per heavy atom. The minimum absolute atomic E-state index is 0.550. The summed E-state index contributed by atoms with van der Waals surface area (Å²) >= 11 is 18.8. The monoisotopic (exact) mass is 345 g/mol. The molecule has 0 bridgehead atoms. The van der Waals surface area contributed by atoms with E-state index in [2.05, 4.69) is 18.3 Å². The lowest BCUT2D eigenvalue weighted by molar-refractivity contribution is 0.397. The molecule has 1 aromatic rings. The van der Waals surface area contributed by atoms with Crippen LogP contribution >= 0.6 is 34.8 Å². The predicted molar refractivity (Wildman–Crippen MR) is 94.6 cm³/mol. The number of likely N-dealkylation sites (N-methyl/N-ethyl adjacent to an activating group) is 1. The zero-order valence-corrected chi connectivity index (χ0v) is 14.7. The van der Waals surface area contributed by atoms with Gasteiger partial charge in [-0.1, -0.05) is 72.6 Å². The van der Waals surface area contributed by atoms with E-state index in [1.165, 1.54) is 37.7 Å². The van der Waals surface area contributed by atoms with Crippen LogP contribution in [0.5, 0.6) is 0 Å². The maximum Gasteiger partial charge on any atom is 0.0679 e. The highest BCUT2D eigenvalue weighted by Crippen LogP contribution is 2.36. The number of halogens is 3. The van der Waals surface area contributed by atoms with Gasteiger partial charge in [0, 0.05) is 17.1 Å². The molecule has 1 saturated carbocycles. The molecule has 1 fully saturated rings. The maximum absolute atomic E-state index is 6.33. The number of hydrogen-bond donors (Lipinski definition) is 1. The summed E-state index contributed by atoms with van der Waals surface area (Å²) in [7, 11) is 0. The Kier molecular flexibility index (Phi) is 6.88. The van der Waals surface area contributed by atoms with Gasteiger partial charge in [-0.2, -0.15) is 0 Å². The minimum Gasteiger partial charge on any atom is -0.313 e. The first-order valence-electron chi connectivity index (χ1n) is 7.68. The molecule has 116 valence electrons. The summed E-state index contributed by atoms with van der Waals surface area (Å²) in [6, 6.07) is 3.56. The molecule has 1 N–H and O–H groups in total. The highest BCUT2D eigenvalue weighted by molar-refractivity contribution is 6.44. The minimum atomic E-state index is 0.550. The van der Waals surface area contributed by atoms with Crippen molar-refractivity contribution in [1.29, 1.82) is 0 Å². The Bertz CT molecular complexity index is 505. The SMILES string of the molecule is CCNC/C(=C/c1c(Cl)ccc(Cl)c1Cl)C1CCCCC1. The van der Waals surface area contributed by atoms with Gasteiger partial charge in [0.25, 0.3) is 0 Å². The summed E-state index contributed by atoms with van der Waals surface area (Å²) in [6.45, 7) is 3.97. The molecule has 0 saturated heterocycles. The molecule has 0 spiro atoms. The van der Waals surface area contributed by atoms with Gasteiger partial charge in [0.2, 0.25) is 0 Å². The van der Waals surface area contributed by atoms with Gasteiger partial charge in [0.05, 0.1) is 10.0 Å². The summed E-state index contributed by atoms with van der Waals surface area (Å²) in [5, 5.41) is 5.20. The van der Waals surface area contributed by atoms with Gasteiger partial charge in [-0.25, -0.2) is 0 Å². The van der Waals surface area contributed by atoms with Crippen molar-refractivity contribution in [3.63, 3.8) is 0 Å². The van der Waals surface area contributed by atoms with Crippen LogP contribution in [0, 0.1) is 5.92 Å². The molecule has 0 amide bonds. The van der Waals surface area contributed by atoms with Crippen molar-refractivity contribution in [3.05, 3.63) is 38.3 Å². The summed E-state index contributed by atoms with van der Waals surface area (Å²) < 4.78 is 0. The van der Waals surface area contributed by atoms with Crippen molar-refractivity contribution in [2.45, 2.75) is 39.0 Å². The summed E-state index contributed by atoms with van der Waals surface area (Å²) in [4.78, 5) is 0. The topological polar surface area (TPSA) is 12.0 Å². The van der Waals surface area contributed by atoms with Gasteiger partial charge in [-0.05, 0) is 37.4 Å². The smallest absolute Gasteiger partial charge is 0.0679 e. The molecule has 1 nitrogen and oxygen atoms in total. The average molecular weight is 347 g/mol. The van der Waals surface area contributed by atoms with Crippen LogP contribution in [0.4, 0.5) is 0 Å². The van der Waals surface area contributed by atoms with Gasteiger partial charge in [0.15, 0.2) is 0 Å². The Balaban J connectivity index is 2.32. The summed E-state index contributed by atoms with van der Waals surface area (Å²) in [5.41, 5.74) is 2.24. The van der Waals surface area contributed by atoms with Crippen molar-refractivity contribution in [2.75, 3.05) is 13.1 Å². The molecular weight excluding hydrogens is 325 g/mol. The second kappa shape index (κ2) is 8.43. The average Bonchev–Trinajstić information content (AvgIpc) is 2.51. The Morgan fingerprint density at radius 2 is 1.81 bits per heavy atom. The van der Waals surface area contributed by atoms with E-state index >= 15 is 0 Å². The van der Waals surface area contributed by atoms with Crippen LogP contribution in [0.25, 0.3) is 6.08 Å². The van der Waals surface area contributed by atoms with E-state index < -0.39 is 0 Å². The second-order valence-electron chi connectivity index (χ2n) is 5.59. The first-order valence-corrected chi connectivity index (χ1v) is 8.81. The molecule has 1 aliphatic carbocycles. The van der Waals surface area contributed by atoms with Crippen molar-refractivity contribution in [2.24, 2.45) is 5.92 Å². The normalized spacial score (nSPS) is 17.2. The van der Waals surface area contributed by atoms with E-state index in [-0.39, 0.29) is 0 Å². The largest absolute Gasteiger partial charge is 0.313 e. The number of nitrogens with one attached hydrogen (secondary N) is 1. The molecule has 0 radical (unpaired) electrons. The van der Waals surface area contributed by atoms with Gasteiger partial charge in [-0.3, -0.25) is 0 Å². The molecule has 2 rings (SSSR count).